The molecule has 228 valence electrons. The second kappa shape index (κ2) is 9.00. The molecule has 0 radical (unpaired) electrons. The van der Waals surface area contributed by atoms with Crippen LogP contribution in [0, 0.1) is 0 Å². The van der Waals surface area contributed by atoms with Gasteiger partial charge in [-0.25, -0.2) is 0 Å². The van der Waals surface area contributed by atoms with Crippen LogP contribution in [0.2, 0.25) is 0 Å². The fourth-order valence-corrected chi connectivity index (χ4v) is 9.64. The van der Waals surface area contributed by atoms with Crippen LogP contribution in [0.15, 0.2) is 157 Å². The summed E-state index contributed by atoms with van der Waals surface area (Å²) in [6.07, 6.45) is 6.67. The van der Waals surface area contributed by atoms with E-state index in [0.29, 0.717) is 0 Å². The lowest BCUT2D eigenvalue weighted by Crippen LogP contribution is -2.52. The van der Waals surface area contributed by atoms with Gasteiger partial charge in [-0.2, -0.15) is 9.13 Å². The van der Waals surface area contributed by atoms with Gasteiger partial charge in [0, 0.05) is 56.8 Å². The number of para-hydroxylation sites is 2. The average Bonchev–Trinajstić information content (AvgIpc) is 3.78. The van der Waals surface area contributed by atoms with Gasteiger partial charge in [-0.05, 0) is 60.2 Å². The highest BCUT2D eigenvalue weighted by molar-refractivity contribution is 6.33. The third-order valence-corrected chi connectivity index (χ3v) is 11.5. The molecule has 4 heteroatoms. The molecule has 3 atom stereocenters. The van der Waals surface area contributed by atoms with E-state index in [9.17, 15) is 0 Å². The van der Waals surface area contributed by atoms with Gasteiger partial charge in [0.2, 0.25) is 11.4 Å². The highest BCUT2D eigenvalue weighted by atomic mass is 16.3. The Hall–Kier alpha value is -6.26. The maximum Gasteiger partial charge on any atom is 0.213 e. The highest BCUT2D eigenvalue weighted by Crippen LogP contribution is 2.52. The summed E-state index contributed by atoms with van der Waals surface area (Å²) in [7, 11) is 0. The lowest BCUT2D eigenvalue weighted by atomic mass is 9.76. The molecule has 12 rings (SSSR count). The van der Waals surface area contributed by atoms with Crippen LogP contribution >= 0.6 is 0 Å². The van der Waals surface area contributed by atoms with E-state index in [-0.39, 0.29) is 18.0 Å². The van der Waals surface area contributed by atoms with Crippen molar-refractivity contribution in [2.45, 2.75) is 18.0 Å². The standard InChI is InChI=1S/C45H29N3O/c1-2-35-41-29-16-4-3-13-26(29)36-17-10-12-22-47(36)43(41)32-25-39-34(23-30(32)37-18-9-11-21-46(35)37)42-44-31(27-14-5-7-19-38(27)48(39)44)24-33-28-15-6-8-20-40(28)49-45(33)42/h2-25,35,41,43H,1H2/q+2. The molecule has 49 heavy (non-hydrogen) atoms. The van der Waals surface area contributed by atoms with Crippen molar-refractivity contribution in [2.24, 2.45) is 0 Å². The lowest BCUT2D eigenvalue weighted by molar-refractivity contribution is -0.739. The third-order valence-electron chi connectivity index (χ3n) is 11.5. The first-order valence-electron chi connectivity index (χ1n) is 17.1. The van der Waals surface area contributed by atoms with Crippen molar-refractivity contribution in [3.05, 3.63) is 164 Å². The number of hydrogen-bond donors (Lipinski definition) is 0. The number of rotatable bonds is 1. The maximum atomic E-state index is 6.78. The molecule has 0 amide bonds. The summed E-state index contributed by atoms with van der Waals surface area (Å²) < 4.78 is 14.2. The van der Waals surface area contributed by atoms with Crippen molar-refractivity contribution in [2.75, 3.05) is 0 Å². The van der Waals surface area contributed by atoms with Gasteiger partial charge < -0.3 is 8.82 Å². The molecule has 3 unspecified atom stereocenters. The Balaban J connectivity index is 1.31. The Morgan fingerprint density at radius 3 is 2.20 bits per heavy atom. The molecule has 7 heterocycles. The number of furan rings is 1. The van der Waals surface area contributed by atoms with Crippen molar-refractivity contribution in [1.29, 1.82) is 0 Å². The molecule has 10 aromatic rings. The minimum atomic E-state index is 0.0407. The molecule has 0 N–H and O–H groups in total. The van der Waals surface area contributed by atoms with E-state index in [2.05, 4.69) is 166 Å². The summed E-state index contributed by atoms with van der Waals surface area (Å²) in [5.41, 5.74) is 13.2. The molecule has 0 spiro atoms. The minimum absolute atomic E-state index is 0.0407. The quantitative estimate of drug-likeness (QED) is 0.131. The molecular formula is C45H29N3O+2. The van der Waals surface area contributed by atoms with E-state index in [0.717, 1.165) is 16.6 Å². The number of fused-ring (bicyclic) bond motifs is 20. The molecule has 0 fully saturated rings. The Kier molecular flexibility index (Phi) is 4.74. The fourth-order valence-electron chi connectivity index (χ4n) is 9.64. The summed E-state index contributed by atoms with van der Waals surface area (Å²) in [5.74, 6) is 0.131. The van der Waals surface area contributed by atoms with Crippen molar-refractivity contribution < 1.29 is 13.6 Å². The zero-order chi connectivity index (χ0) is 32.0. The summed E-state index contributed by atoms with van der Waals surface area (Å²) in [5, 5.41) is 7.25. The molecular weight excluding hydrogens is 599 g/mol. The Morgan fingerprint density at radius 1 is 0.592 bits per heavy atom. The van der Waals surface area contributed by atoms with Gasteiger partial charge in [-0.3, -0.25) is 0 Å². The van der Waals surface area contributed by atoms with E-state index in [1.54, 1.807) is 0 Å². The number of hydrogen-bond acceptors (Lipinski definition) is 1. The number of benzene rings is 5. The first-order chi connectivity index (χ1) is 24.3. The molecule has 5 aromatic heterocycles. The molecule has 2 aliphatic heterocycles. The number of aromatic nitrogens is 3. The van der Waals surface area contributed by atoms with Gasteiger partial charge in [0.25, 0.3) is 0 Å². The van der Waals surface area contributed by atoms with Crippen LogP contribution in [0.1, 0.15) is 29.1 Å². The van der Waals surface area contributed by atoms with Gasteiger partial charge in [0.1, 0.15) is 17.1 Å². The molecule has 0 aliphatic carbocycles. The third kappa shape index (κ3) is 3.06. The summed E-state index contributed by atoms with van der Waals surface area (Å²) in [4.78, 5) is 0. The first kappa shape index (κ1) is 25.8. The van der Waals surface area contributed by atoms with Gasteiger partial charge in [0.05, 0.1) is 33.1 Å². The second-order valence-corrected chi connectivity index (χ2v) is 13.7. The van der Waals surface area contributed by atoms with E-state index in [1.807, 2.05) is 0 Å². The van der Waals surface area contributed by atoms with Crippen molar-refractivity contribution in [3.63, 3.8) is 0 Å². The van der Waals surface area contributed by atoms with Crippen LogP contribution in [-0.2, 0) is 0 Å². The lowest BCUT2D eigenvalue weighted by Gasteiger charge is -2.31. The van der Waals surface area contributed by atoms with Gasteiger partial charge in [-0.1, -0.05) is 61.2 Å². The predicted octanol–water partition coefficient (Wildman–Crippen LogP) is 10.1. The van der Waals surface area contributed by atoms with E-state index in [4.69, 9.17) is 4.42 Å². The molecule has 4 nitrogen and oxygen atoms in total. The molecule has 5 aromatic carbocycles. The smallest absolute Gasteiger partial charge is 0.213 e. The van der Waals surface area contributed by atoms with E-state index in [1.165, 1.54) is 77.1 Å². The van der Waals surface area contributed by atoms with Crippen LogP contribution in [-0.4, -0.2) is 4.40 Å². The van der Waals surface area contributed by atoms with Crippen LogP contribution in [0.3, 0.4) is 0 Å². The second-order valence-electron chi connectivity index (χ2n) is 13.7. The molecule has 0 saturated carbocycles. The first-order valence-corrected chi connectivity index (χ1v) is 17.1. The summed E-state index contributed by atoms with van der Waals surface area (Å²) in [6, 6.07) is 46.9. The van der Waals surface area contributed by atoms with Gasteiger partial charge in [-0.15, -0.1) is 0 Å². The van der Waals surface area contributed by atoms with Crippen LogP contribution in [0.25, 0.3) is 82.5 Å². The van der Waals surface area contributed by atoms with Crippen LogP contribution in [0.4, 0.5) is 0 Å². The predicted molar refractivity (Wildman–Crippen MR) is 196 cm³/mol. The topological polar surface area (TPSA) is 25.3 Å². The van der Waals surface area contributed by atoms with E-state index < -0.39 is 0 Å². The zero-order valence-corrected chi connectivity index (χ0v) is 26.5. The average molecular weight is 628 g/mol. The molecule has 0 saturated heterocycles. The number of pyridine rings is 2. The normalized spacial score (nSPS) is 18.1. The SMILES string of the molecule is C=CC1C2c3ccccc3-c3cccc[n+]3C2c2cc3c(cc2-c2cccc[n+]21)c1c2oc4ccccc4c2cc2c4ccccc4n3c21. The summed E-state index contributed by atoms with van der Waals surface area (Å²) >= 11 is 0. The molecule has 2 aliphatic rings. The van der Waals surface area contributed by atoms with Crippen LogP contribution in [0.5, 0.6) is 0 Å². The fraction of sp³-hybridized carbons (Fsp3) is 0.0667. The van der Waals surface area contributed by atoms with Crippen molar-refractivity contribution in [3.8, 4) is 22.5 Å². The minimum Gasteiger partial charge on any atom is -0.455 e. The molecule has 0 bridgehead atoms. The van der Waals surface area contributed by atoms with Gasteiger partial charge >= 0.3 is 0 Å². The Labute approximate surface area is 281 Å². The van der Waals surface area contributed by atoms with Crippen molar-refractivity contribution >= 4 is 60.0 Å². The number of nitrogens with zero attached hydrogens (tertiary/aromatic N) is 3. The Bertz CT molecular complexity index is 3050. The largest absolute Gasteiger partial charge is 0.455 e. The maximum absolute atomic E-state index is 6.78. The Morgan fingerprint density at radius 2 is 1.33 bits per heavy atom. The van der Waals surface area contributed by atoms with Gasteiger partial charge in [0.15, 0.2) is 24.5 Å². The zero-order valence-electron chi connectivity index (χ0n) is 26.5. The van der Waals surface area contributed by atoms with Crippen LogP contribution < -0.4 is 9.13 Å². The highest BCUT2D eigenvalue weighted by Gasteiger charge is 2.51. The van der Waals surface area contributed by atoms with Crippen molar-refractivity contribution in [1.82, 2.24) is 4.40 Å². The monoisotopic (exact) mass is 627 g/mol. The van der Waals surface area contributed by atoms with E-state index >= 15 is 0 Å². The number of allylic oxidation sites excluding steroid dienone is 1. The summed E-state index contributed by atoms with van der Waals surface area (Å²) in [6.45, 7) is 4.46.